The van der Waals surface area contributed by atoms with Crippen molar-refractivity contribution in [2.45, 2.75) is 26.2 Å². The number of rotatable bonds is 0. The van der Waals surface area contributed by atoms with E-state index in [4.69, 9.17) is 0 Å². The molecule has 0 unspecified atom stereocenters. The van der Waals surface area contributed by atoms with Crippen molar-refractivity contribution in [3.8, 4) is 0 Å². The summed E-state index contributed by atoms with van der Waals surface area (Å²) in [5.74, 6) is 0.137. The van der Waals surface area contributed by atoms with E-state index in [1.54, 1.807) is 6.92 Å². The second kappa shape index (κ2) is 3.91. The number of hydrogen-bond donors (Lipinski definition) is 1. The minimum absolute atomic E-state index is 0.137. The number of para-hydroxylation sites is 1. The molecule has 0 fully saturated rings. The highest BCUT2D eigenvalue weighted by Crippen LogP contribution is 2.34. The Labute approximate surface area is 100 Å². The van der Waals surface area contributed by atoms with Gasteiger partial charge in [-0.1, -0.05) is 18.2 Å². The van der Waals surface area contributed by atoms with E-state index in [1.165, 1.54) is 11.1 Å². The van der Waals surface area contributed by atoms with Crippen LogP contribution >= 0.6 is 0 Å². The number of nitrogens with zero attached hydrogens (tertiary/aromatic N) is 1. The van der Waals surface area contributed by atoms with Gasteiger partial charge in [-0.15, -0.1) is 0 Å². The molecule has 3 rings (SSSR count). The predicted molar refractivity (Wildman–Crippen MR) is 69.3 cm³/mol. The average Bonchev–Trinajstić information content (AvgIpc) is 2.54. The molecule has 0 saturated heterocycles. The summed E-state index contributed by atoms with van der Waals surface area (Å²) in [6, 6.07) is 8.21. The van der Waals surface area contributed by atoms with Crippen molar-refractivity contribution in [1.29, 1.82) is 0 Å². The fourth-order valence-corrected chi connectivity index (χ4v) is 2.67. The maximum absolute atomic E-state index is 11.8. The molecule has 3 heteroatoms. The standard InChI is InChI=1S/C14H16N2O/c1-10(17)16-9-5-4-8-13-14(16)11-6-2-3-7-12(11)15-13/h2-3,6-7,15H,4-5,8-9H2,1H3. The molecule has 0 saturated carbocycles. The van der Waals surface area contributed by atoms with E-state index in [2.05, 4.69) is 17.1 Å². The number of benzene rings is 1. The number of aromatic amines is 1. The molecule has 1 aliphatic rings. The second-order valence-corrected chi connectivity index (χ2v) is 4.63. The zero-order valence-corrected chi connectivity index (χ0v) is 9.99. The van der Waals surface area contributed by atoms with Gasteiger partial charge in [0.2, 0.25) is 5.91 Å². The third-order valence-corrected chi connectivity index (χ3v) is 3.46. The number of anilines is 1. The molecular formula is C14H16N2O. The van der Waals surface area contributed by atoms with Gasteiger partial charge in [-0.3, -0.25) is 4.79 Å². The molecule has 88 valence electrons. The smallest absolute Gasteiger partial charge is 0.223 e. The van der Waals surface area contributed by atoms with Crippen molar-refractivity contribution >= 4 is 22.5 Å². The number of carbonyl (C=O) groups is 1. The Balaban J connectivity index is 2.25. The van der Waals surface area contributed by atoms with Crippen LogP contribution in [0.15, 0.2) is 24.3 Å². The number of aromatic nitrogens is 1. The van der Waals surface area contributed by atoms with Crippen molar-refractivity contribution in [1.82, 2.24) is 4.98 Å². The van der Waals surface area contributed by atoms with Crippen LogP contribution in [0.2, 0.25) is 0 Å². The third-order valence-electron chi connectivity index (χ3n) is 3.46. The molecule has 1 aromatic heterocycles. The Morgan fingerprint density at radius 3 is 2.94 bits per heavy atom. The largest absolute Gasteiger partial charge is 0.357 e. The van der Waals surface area contributed by atoms with Gasteiger partial charge in [0.25, 0.3) is 0 Å². The number of hydrogen-bond acceptors (Lipinski definition) is 1. The van der Waals surface area contributed by atoms with E-state index >= 15 is 0 Å². The number of fused-ring (bicyclic) bond motifs is 3. The number of H-pyrrole nitrogens is 1. The lowest BCUT2D eigenvalue weighted by molar-refractivity contribution is -0.116. The van der Waals surface area contributed by atoms with Crippen molar-refractivity contribution in [2.75, 3.05) is 11.4 Å². The molecule has 2 aromatic rings. The molecule has 0 atom stereocenters. The van der Waals surface area contributed by atoms with Crippen LogP contribution in [0.5, 0.6) is 0 Å². The lowest BCUT2D eigenvalue weighted by atomic mass is 10.2. The topological polar surface area (TPSA) is 36.1 Å². The lowest BCUT2D eigenvalue weighted by Gasteiger charge is -2.19. The monoisotopic (exact) mass is 228 g/mol. The maximum Gasteiger partial charge on any atom is 0.223 e. The van der Waals surface area contributed by atoms with Crippen LogP contribution in [0.1, 0.15) is 25.5 Å². The predicted octanol–water partition coefficient (Wildman–Crippen LogP) is 2.86. The van der Waals surface area contributed by atoms with Crippen LogP contribution in [-0.2, 0) is 11.2 Å². The summed E-state index contributed by atoms with van der Waals surface area (Å²) in [6.45, 7) is 2.49. The van der Waals surface area contributed by atoms with Gasteiger partial charge >= 0.3 is 0 Å². The molecule has 0 spiro atoms. The summed E-state index contributed by atoms with van der Waals surface area (Å²) in [4.78, 5) is 17.1. The lowest BCUT2D eigenvalue weighted by Crippen LogP contribution is -2.28. The molecule has 0 bridgehead atoms. The van der Waals surface area contributed by atoms with Gasteiger partial charge in [-0.25, -0.2) is 0 Å². The SMILES string of the molecule is CC(=O)N1CCCCc2[nH]c3ccccc3c21. The minimum atomic E-state index is 0.137. The summed E-state index contributed by atoms with van der Waals surface area (Å²) in [7, 11) is 0. The highest BCUT2D eigenvalue weighted by atomic mass is 16.2. The Hall–Kier alpha value is -1.77. The summed E-state index contributed by atoms with van der Waals surface area (Å²) >= 11 is 0. The van der Waals surface area contributed by atoms with Gasteiger partial charge in [0, 0.05) is 30.1 Å². The molecule has 1 aromatic carbocycles. The fraction of sp³-hybridized carbons (Fsp3) is 0.357. The van der Waals surface area contributed by atoms with Crippen molar-refractivity contribution in [3.05, 3.63) is 30.0 Å². The number of carbonyl (C=O) groups excluding carboxylic acids is 1. The number of nitrogens with one attached hydrogen (secondary N) is 1. The van der Waals surface area contributed by atoms with Gasteiger partial charge < -0.3 is 9.88 Å². The quantitative estimate of drug-likeness (QED) is 0.739. The zero-order chi connectivity index (χ0) is 11.8. The minimum Gasteiger partial charge on any atom is -0.357 e. The molecule has 3 nitrogen and oxygen atoms in total. The number of amides is 1. The Morgan fingerprint density at radius 2 is 2.12 bits per heavy atom. The van der Waals surface area contributed by atoms with E-state index in [1.807, 2.05) is 17.0 Å². The molecule has 17 heavy (non-hydrogen) atoms. The molecule has 0 aliphatic carbocycles. The summed E-state index contributed by atoms with van der Waals surface area (Å²) in [5.41, 5.74) is 3.44. The van der Waals surface area contributed by atoms with Crippen LogP contribution in [0.25, 0.3) is 10.9 Å². The zero-order valence-electron chi connectivity index (χ0n) is 9.99. The van der Waals surface area contributed by atoms with E-state index in [0.29, 0.717) is 0 Å². The molecule has 1 N–H and O–H groups in total. The van der Waals surface area contributed by atoms with Crippen LogP contribution < -0.4 is 4.90 Å². The maximum atomic E-state index is 11.8. The van der Waals surface area contributed by atoms with Crippen LogP contribution in [0, 0.1) is 0 Å². The van der Waals surface area contributed by atoms with E-state index < -0.39 is 0 Å². The summed E-state index contributed by atoms with van der Waals surface area (Å²) in [6.07, 6.45) is 3.26. The number of aryl methyl sites for hydroxylation is 1. The average molecular weight is 228 g/mol. The third kappa shape index (κ3) is 1.62. The first kappa shape index (κ1) is 10.4. The first-order valence-corrected chi connectivity index (χ1v) is 6.15. The molecule has 1 aliphatic heterocycles. The highest BCUT2D eigenvalue weighted by Gasteiger charge is 2.22. The van der Waals surface area contributed by atoms with Crippen LogP contribution in [0.4, 0.5) is 5.69 Å². The molecule has 1 amide bonds. The Kier molecular flexibility index (Phi) is 2.39. The van der Waals surface area contributed by atoms with Crippen molar-refractivity contribution < 1.29 is 4.79 Å². The highest BCUT2D eigenvalue weighted by molar-refractivity contribution is 6.04. The Bertz CT molecular complexity index is 571. The summed E-state index contributed by atoms with van der Waals surface area (Å²) < 4.78 is 0. The van der Waals surface area contributed by atoms with E-state index in [9.17, 15) is 4.79 Å². The van der Waals surface area contributed by atoms with E-state index in [0.717, 1.165) is 37.0 Å². The van der Waals surface area contributed by atoms with Crippen molar-refractivity contribution in [3.63, 3.8) is 0 Å². The summed E-state index contributed by atoms with van der Waals surface area (Å²) in [5, 5.41) is 1.17. The van der Waals surface area contributed by atoms with Gasteiger partial charge in [0.1, 0.15) is 0 Å². The molecule has 0 radical (unpaired) electrons. The Morgan fingerprint density at radius 1 is 1.29 bits per heavy atom. The first-order valence-electron chi connectivity index (χ1n) is 6.15. The van der Waals surface area contributed by atoms with Gasteiger partial charge in [0.15, 0.2) is 0 Å². The van der Waals surface area contributed by atoms with Crippen LogP contribution in [0.3, 0.4) is 0 Å². The second-order valence-electron chi connectivity index (χ2n) is 4.63. The van der Waals surface area contributed by atoms with E-state index in [-0.39, 0.29) is 5.91 Å². The van der Waals surface area contributed by atoms with Gasteiger partial charge in [-0.05, 0) is 25.3 Å². The van der Waals surface area contributed by atoms with Gasteiger partial charge in [-0.2, -0.15) is 0 Å². The molecule has 2 heterocycles. The molecular weight excluding hydrogens is 212 g/mol. The van der Waals surface area contributed by atoms with Gasteiger partial charge in [0.05, 0.1) is 5.69 Å². The fourth-order valence-electron chi connectivity index (χ4n) is 2.67. The van der Waals surface area contributed by atoms with Crippen LogP contribution in [-0.4, -0.2) is 17.4 Å². The first-order chi connectivity index (χ1) is 8.27. The van der Waals surface area contributed by atoms with Crippen molar-refractivity contribution in [2.24, 2.45) is 0 Å². The normalized spacial score (nSPS) is 15.7.